The Morgan fingerprint density at radius 1 is 1.55 bits per heavy atom. The first kappa shape index (κ1) is 15.7. The maximum Gasteiger partial charge on any atom is 0.246 e. The van der Waals surface area contributed by atoms with E-state index in [2.05, 4.69) is 0 Å². The molecular weight excluding hydrogens is 298 g/mol. The van der Waals surface area contributed by atoms with Gasteiger partial charge in [0.25, 0.3) is 0 Å². The molecule has 3 heterocycles. The smallest absolute Gasteiger partial charge is 0.246 e. The zero-order chi connectivity index (χ0) is 15.4. The number of ether oxygens (including phenoxy) is 2. The molecule has 0 bridgehead atoms. The molecule has 0 aliphatic carbocycles. The lowest BCUT2D eigenvalue weighted by Gasteiger charge is -2.38. The fourth-order valence-electron chi connectivity index (χ4n) is 3.38. The van der Waals surface area contributed by atoms with E-state index in [0.29, 0.717) is 6.61 Å². The van der Waals surface area contributed by atoms with E-state index in [1.54, 1.807) is 24.5 Å². The van der Waals surface area contributed by atoms with Crippen molar-refractivity contribution in [2.75, 3.05) is 33.4 Å². The van der Waals surface area contributed by atoms with Crippen LogP contribution in [0.5, 0.6) is 0 Å². The molecule has 1 atom stereocenters. The summed E-state index contributed by atoms with van der Waals surface area (Å²) >= 11 is 1.65. The number of piperidine rings is 1. The lowest BCUT2D eigenvalue weighted by atomic mass is 9.76. The quantitative estimate of drug-likeness (QED) is 0.801. The zero-order valence-corrected chi connectivity index (χ0v) is 13.8. The number of thiophene rings is 1. The molecule has 0 saturated carbocycles. The SMILES string of the molecule is COC[C@H]1CC2(CCN(C(=O)/C=C/c3cccs3)CC2)CO1. The predicted octanol–water partition coefficient (Wildman–Crippen LogP) is 2.81. The van der Waals surface area contributed by atoms with Gasteiger partial charge >= 0.3 is 0 Å². The van der Waals surface area contributed by atoms with E-state index >= 15 is 0 Å². The summed E-state index contributed by atoms with van der Waals surface area (Å²) < 4.78 is 11.0. The number of amides is 1. The number of methoxy groups -OCH3 is 1. The second-order valence-corrected chi connectivity index (χ2v) is 7.25. The van der Waals surface area contributed by atoms with E-state index in [1.165, 1.54) is 0 Å². The summed E-state index contributed by atoms with van der Waals surface area (Å²) in [5.41, 5.74) is 0.261. The van der Waals surface area contributed by atoms with Crippen molar-refractivity contribution in [2.45, 2.75) is 25.4 Å². The molecule has 5 heteroatoms. The van der Waals surface area contributed by atoms with Gasteiger partial charge in [-0.2, -0.15) is 0 Å². The van der Waals surface area contributed by atoms with Crippen molar-refractivity contribution in [3.05, 3.63) is 28.5 Å². The van der Waals surface area contributed by atoms with Gasteiger partial charge in [-0.1, -0.05) is 6.07 Å². The van der Waals surface area contributed by atoms with Crippen molar-refractivity contribution < 1.29 is 14.3 Å². The number of nitrogens with zero attached hydrogens (tertiary/aromatic N) is 1. The summed E-state index contributed by atoms with van der Waals surface area (Å²) in [5.74, 6) is 0.121. The van der Waals surface area contributed by atoms with Crippen LogP contribution in [0.4, 0.5) is 0 Å². The van der Waals surface area contributed by atoms with Crippen molar-refractivity contribution in [3.8, 4) is 0 Å². The van der Waals surface area contributed by atoms with Gasteiger partial charge in [-0.05, 0) is 42.2 Å². The highest BCUT2D eigenvalue weighted by molar-refractivity contribution is 7.10. The van der Waals surface area contributed by atoms with E-state index in [-0.39, 0.29) is 17.4 Å². The van der Waals surface area contributed by atoms with E-state index in [1.807, 2.05) is 28.5 Å². The Hall–Kier alpha value is -1.17. The molecule has 1 amide bonds. The molecule has 2 saturated heterocycles. The molecule has 4 nitrogen and oxygen atoms in total. The van der Waals surface area contributed by atoms with Crippen LogP contribution in [0, 0.1) is 5.41 Å². The summed E-state index contributed by atoms with van der Waals surface area (Å²) in [6.07, 6.45) is 6.96. The Balaban J connectivity index is 1.50. The molecule has 1 spiro atoms. The first-order chi connectivity index (χ1) is 10.7. The van der Waals surface area contributed by atoms with Crippen LogP contribution in [-0.2, 0) is 14.3 Å². The van der Waals surface area contributed by atoms with Crippen LogP contribution in [0.3, 0.4) is 0 Å². The third kappa shape index (κ3) is 3.59. The predicted molar refractivity (Wildman–Crippen MR) is 87.8 cm³/mol. The highest BCUT2D eigenvalue weighted by atomic mass is 32.1. The molecule has 2 fully saturated rings. The second kappa shape index (κ2) is 6.94. The Morgan fingerprint density at radius 3 is 3.05 bits per heavy atom. The first-order valence-electron chi connectivity index (χ1n) is 7.82. The monoisotopic (exact) mass is 321 g/mol. The van der Waals surface area contributed by atoms with E-state index < -0.39 is 0 Å². The molecule has 0 N–H and O–H groups in total. The number of carbonyl (C=O) groups excluding carboxylic acids is 1. The number of carbonyl (C=O) groups is 1. The van der Waals surface area contributed by atoms with Gasteiger partial charge in [0.1, 0.15) is 0 Å². The van der Waals surface area contributed by atoms with Gasteiger partial charge in [0.05, 0.1) is 19.3 Å². The minimum Gasteiger partial charge on any atom is -0.382 e. The van der Waals surface area contributed by atoms with Gasteiger partial charge in [-0.3, -0.25) is 4.79 Å². The van der Waals surface area contributed by atoms with Crippen LogP contribution in [-0.4, -0.2) is 50.3 Å². The Morgan fingerprint density at radius 2 is 2.36 bits per heavy atom. The molecule has 0 radical (unpaired) electrons. The summed E-state index contributed by atoms with van der Waals surface area (Å²) in [5, 5.41) is 2.02. The second-order valence-electron chi connectivity index (χ2n) is 6.27. The minimum atomic E-state index is 0.121. The van der Waals surface area contributed by atoms with E-state index in [9.17, 15) is 4.79 Å². The fraction of sp³-hybridized carbons (Fsp3) is 0.588. The third-order valence-electron chi connectivity index (χ3n) is 4.71. The molecule has 2 aliphatic heterocycles. The topological polar surface area (TPSA) is 38.8 Å². The zero-order valence-electron chi connectivity index (χ0n) is 13.0. The summed E-state index contributed by atoms with van der Waals surface area (Å²) in [7, 11) is 1.72. The van der Waals surface area contributed by atoms with Gasteiger partial charge in [0.15, 0.2) is 0 Å². The largest absolute Gasteiger partial charge is 0.382 e. The third-order valence-corrected chi connectivity index (χ3v) is 5.55. The fourth-order valence-corrected chi connectivity index (χ4v) is 4.00. The Labute approximate surface area is 135 Å². The number of rotatable bonds is 4. The van der Waals surface area contributed by atoms with Gasteiger partial charge < -0.3 is 14.4 Å². The lowest BCUT2D eigenvalue weighted by Crippen LogP contribution is -2.43. The lowest BCUT2D eigenvalue weighted by molar-refractivity contribution is -0.128. The Kier molecular flexibility index (Phi) is 4.96. The van der Waals surface area contributed by atoms with Gasteiger partial charge in [-0.25, -0.2) is 0 Å². The first-order valence-corrected chi connectivity index (χ1v) is 8.70. The van der Waals surface area contributed by atoms with Gasteiger partial charge in [0, 0.05) is 31.2 Å². The minimum absolute atomic E-state index is 0.121. The molecule has 1 aromatic heterocycles. The molecular formula is C17H23NO3S. The molecule has 2 aliphatic rings. The van der Waals surface area contributed by atoms with Crippen molar-refractivity contribution in [3.63, 3.8) is 0 Å². The maximum atomic E-state index is 12.3. The van der Waals surface area contributed by atoms with Crippen molar-refractivity contribution in [2.24, 2.45) is 5.41 Å². The van der Waals surface area contributed by atoms with Crippen molar-refractivity contribution >= 4 is 23.3 Å². The maximum absolute atomic E-state index is 12.3. The van der Waals surface area contributed by atoms with Crippen LogP contribution in [0.1, 0.15) is 24.1 Å². The standard InChI is InChI=1S/C17H23NO3S/c1-20-12-14-11-17(13-21-14)6-8-18(9-7-17)16(19)5-4-15-3-2-10-22-15/h2-5,10,14H,6-9,11-13H2,1H3/b5-4+/t14-/m1/s1. The molecule has 22 heavy (non-hydrogen) atoms. The normalized spacial score (nSPS) is 24.4. The van der Waals surface area contributed by atoms with Crippen LogP contribution in [0.2, 0.25) is 0 Å². The van der Waals surface area contributed by atoms with E-state index in [4.69, 9.17) is 9.47 Å². The van der Waals surface area contributed by atoms with Crippen molar-refractivity contribution in [1.82, 2.24) is 4.90 Å². The van der Waals surface area contributed by atoms with Crippen LogP contribution in [0.15, 0.2) is 23.6 Å². The number of hydrogen-bond acceptors (Lipinski definition) is 4. The van der Waals surface area contributed by atoms with Gasteiger partial charge in [0.2, 0.25) is 5.91 Å². The highest BCUT2D eigenvalue weighted by Gasteiger charge is 2.42. The number of likely N-dealkylation sites (tertiary alicyclic amines) is 1. The van der Waals surface area contributed by atoms with E-state index in [0.717, 1.165) is 43.8 Å². The summed E-state index contributed by atoms with van der Waals surface area (Å²) in [4.78, 5) is 15.3. The molecule has 0 unspecified atom stereocenters. The summed E-state index contributed by atoms with van der Waals surface area (Å²) in [6, 6.07) is 4.02. The summed E-state index contributed by atoms with van der Waals surface area (Å²) in [6.45, 7) is 3.15. The highest BCUT2D eigenvalue weighted by Crippen LogP contribution is 2.42. The van der Waals surface area contributed by atoms with Crippen LogP contribution >= 0.6 is 11.3 Å². The van der Waals surface area contributed by atoms with Crippen molar-refractivity contribution in [1.29, 1.82) is 0 Å². The molecule has 120 valence electrons. The Bertz CT molecular complexity index is 518. The number of hydrogen-bond donors (Lipinski definition) is 0. The van der Waals surface area contributed by atoms with Crippen LogP contribution in [0.25, 0.3) is 6.08 Å². The molecule has 3 rings (SSSR count). The van der Waals surface area contributed by atoms with Gasteiger partial charge in [-0.15, -0.1) is 11.3 Å². The average molecular weight is 321 g/mol. The molecule has 0 aromatic carbocycles. The van der Waals surface area contributed by atoms with Crippen LogP contribution < -0.4 is 0 Å². The molecule has 1 aromatic rings. The average Bonchev–Trinajstić information content (AvgIpc) is 3.17.